The van der Waals surface area contributed by atoms with Gasteiger partial charge in [-0.1, -0.05) is 22.0 Å². The van der Waals surface area contributed by atoms with Gasteiger partial charge in [0.05, 0.1) is 5.69 Å². The van der Waals surface area contributed by atoms with Gasteiger partial charge in [-0.2, -0.15) is 0 Å². The Hall–Kier alpha value is -1.55. The second-order valence-corrected chi connectivity index (χ2v) is 4.89. The van der Waals surface area contributed by atoms with Crippen molar-refractivity contribution >= 4 is 33.1 Å². The molecule has 88 valence electrons. The number of benzene rings is 1. The van der Waals surface area contributed by atoms with E-state index in [0.717, 1.165) is 21.3 Å². The maximum Gasteiger partial charge on any atom is 0.153 e. The number of aryl methyl sites for hydroxylation is 2. The molecule has 0 fully saturated rings. The molecule has 0 atom stereocenters. The van der Waals surface area contributed by atoms with E-state index in [1.807, 2.05) is 38.1 Å². The summed E-state index contributed by atoms with van der Waals surface area (Å²) in [7, 11) is 0. The second kappa shape index (κ2) is 4.75. The zero-order chi connectivity index (χ0) is 12.4. The van der Waals surface area contributed by atoms with E-state index >= 15 is 0 Å². The Morgan fingerprint density at radius 1 is 1.18 bits per heavy atom. The van der Waals surface area contributed by atoms with Gasteiger partial charge in [-0.15, -0.1) is 0 Å². The monoisotopic (exact) mass is 291 g/mol. The molecule has 0 saturated heterocycles. The van der Waals surface area contributed by atoms with Crippen LogP contribution < -0.4 is 11.1 Å². The topological polar surface area (TPSA) is 50.9 Å². The van der Waals surface area contributed by atoms with Crippen LogP contribution >= 0.6 is 15.9 Å². The van der Waals surface area contributed by atoms with Crippen molar-refractivity contribution in [3.05, 3.63) is 46.1 Å². The molecule has 1 aromatic carbocycles. The summed E-state index contributed by atoms with van der Waals surface area (Å²) in [6.07, 6.45) is 1.75. The average molecular weight is 292 g/mol. The van der Waals surface area contributed by atoms with Crippen molar-refractivity contribution in [3.8, 4) is 0 Å². The number of nitrogens with two attached hydrogens (primary N) is 1. The van der Waals surface area contributed by atoms with Gasteiger partial charge in [0.2, 0.25) is 0 Å². The number of pyridine rings is 1. The molecule has 3 N–H and O–H groups in total. The first-order valence-electron chi connectivity index (χ1n) is 5.32. The Morgan fingerprint density at radius 2 is 1.94 bits per heavy atom. The summed E-state index contributed by atoms with van der Waals surface area (Å²) in [6.45, 7) is 4.01. The molecule has 3 nitrogen and oxygen atoms in total. The zero-order valence-corrected chi connectivity index (χ0v) is 11.4. The lowest BCUT2D eigenvalue weighted by atomic mass is 10.2. The first kappa shape index (κ1) is 11.9. The normalized spacial score (nSPS) is 10.3. The fourth-order valence-electron chi connectivity index (χ4n) is 1.53. The molecule has 1 aromatic heterocycles. The van der Waals surface area contributed by atoms with Gasteiger partial charge in [-0.25, -0.2) is 4.98 Å². The summed E-state index contributed by atoms with van der Waals surface area (Å²) in [5, 5.41) is 3.26. The molecule has 0 spiro atoms. The van der Waals surface area contributed by atoms with E-state index in [9.17, 15) is 0 Å². The molecule has 0 amide bonds. The third-order valence-corrected chi connectivity index (χ3v) is 3.15. The molecule has 0 saturated carbocycles. The summed E-state index contributed by atoms with van der Waals surface area (Å²) < 4.78 is 1.02. The van der Waals surface area contributed by atoms with Crippen LogP contribution in [-0.2, 0) is 0 Å². The molecular formula is C13H14BrN3. The zero-order valence-electron chi connectivity index (χ0n) is 9.79. The number of nitrogens with one attached hydrogen (secondary N) is 1. The summed E-state index contributed by atoms with van der Waals surface area (Å²) in [6, 6.07) is 7.96. The predicted molar refractivity (Wildman–Crippen MR) is 75.5 cm³/mol. The van der Waals surface area contributed by atoms with Gasteiger partial charge in [-0.05, 0) is 43.2 Å². The van der Waals surface area contributed by atoms with Gasteiger partial charge in [0.25, 0.3) is 0 Å². The smallest absolute Gasteiger partial charge is 0.153 e. The van der Waals surface area contributed by atoms with E-state index in [1.54, 1.807) is 6.20 Å². The number of nitrogens with zero attached hydrogens (tertiary/aromatic N) is 1. The fourth-order valence-corrected chi connectivity index (χ4v) is 1.89. The molecule has 1 heterocycles. The standard InChI is InChI=1S/C13H14BrN3/c1-8-3-4-10(14)7-11(8)17-13-12(15)9(2)5-6-16-13/h3-7H,15H2,1-2H3,(H,16,17). The summed E-state index contributed by atoms with van der Waals surface area (Å²) >= 11 is 3.45. The second-order valence-electron chi connectivity index (χ2n) is 3.97. The largest absolute Gasteiger partial charge is 0.396 e. The van der Waals surface area contributed by atoms with Crippen LogP contribution in [0.25, 0.3) is 0 Å². The summed E-state index contributed by atoms with van der Waals surface area (Å²) in [5.41, 5.74) is 9.84. The van der Waals surface area contributed by atoms with Crippen LogP contribution in [-0.4, -0.2) is 4.98 Å². The van der Waals surface area contributed by atoms with E-state index in [1.165, 1.54) is 0 Å². The molecule has 0 aliphatic rings. The third-order valence-electron chi connectivity index (χ3n) is 2.66. The van der Waals surface area contributed by atoms with E-state index in [-0.39, 0.29) is 0 Å². The number of anilines is 3. The maximum atomic E-state index is 5.98. The first-order valence-corrected chi connectivity index (χ1v) is 6.11. The lowest BCUT2D eigenvalue weighted by Crippen LogP contribution is -2.01. The van der Waals surface area contributed by atoms with Crippen LogP contribution in [0.5, 0.6) is 0 Å². The molecule has 0 radical (unpaired) electrons. The number of hydrogen-bond donors (Lipinski definition) is 2. The average Bonchev–Trinajstić information content (AvgIpc) is 2.30. The minimum Gasteiger partial charge on any atom is -0.396 e. The highest BCUT2D eigenvalue weighted by Gasteiger charge is 2.05. The van der Waals surface area contributed by atoms with Gasteiger partial charge in [0.1, 0.15) is 0 Å². The summed E-state index contributed by atoms with van der Waals surface area (Å²) in [5.74, 6) is 0.700. The molecule has 2 rings (SSSR count). The molecule has 17 heavy (non-hydrogen) atoms. The van der Waals surface area contributed by atoms with E-state index < -0.39 is 0 Å². The molecule has 4 heteroatoms. The van der Waals surface area contributed by atoms with Crippen LogP contribution in [0.4, 0.5) is 17.2 Å². The molecule has 2 aromatic rings. The van der Waals surface area contributed by atoms with Crippen molar-refractivity contribution in [2.24, 2.45) is 0 Å². The van der Waals surface area contributed by atoms with Crippen LogP contribution in [0, 0.1) is 13.8 Å². The number of rotatable bonds is 2. The van der Waals surface area contributed by atoms with Crippen molar-refractivity contribution in [2.45, 2.75) is 13.8 Å². The first-order chi connectivity index (χ1) is 8.08. The Bertz CT molecular complexity index is 552. The number of aromatic nitrogens is 1. The number of hydrogen-bond acceptors (Lipinski definition) is 3. The van der Waals surface area contributed by atoms with Crippen LogP contribution in [0.15, 0.2) is 34.9 Å². The SMILES string of the molecule is Cc1ccc(Br)cc1Nc1nccc(C)c1N. The van der Waals surface area contributed by atoms with E-state index in [0.29, 0.717) is 11.5 Å². The lowest BCUT2D eigenvalue weighted by Gasteiger charge is -2.12. The quantitative estimate of drug-likeness (QED) is 0.885. The van der Waals surface area contributed by atoms with Gasteiger partial charge in [-0.3, -0.25) is 0 Å². The molecule has 0 unspecified atom stereocenters. The predicted octanol–water partition coefficient (Wildman–Crippen LogP) is 3.79. The Balaban J connectivity index is 2.38. The molecule has 0 bridgehead atoms. The van der Waals surface area contributed by atoms with E-state index in [2.05, 4.69) is 26.2 Å². The Labute approximate surface area is 109 Å². The minimum absolute atomic E-state index is 0.687. The van der Waals surface area contributed by atoms with E-state index in [4.69, 9.17) is 5.73 Å². The minimum atomic E-state index is 0.687. The lowest BCUT2D eigenvalue weighted by molar-refractivity contribution is 1.27. The van der Waals surface area contributed by atoms with Gasteiger partial charge in [0.15, 0.2) is 5.82 Å². The molecular weight excluding hydrogens is 278 g/mol. The van der Waals surface area contributed by atoms with Crippen LogP contribution in [0.1, 0.15) is 11.1 Å². The van der Waals surface area contributed by atoms with Gasteiger partial charge in [0, 0.05) is 16.4 Å². The third kappa shape index (κ3) is 2.58. The maximum absolute atomic E-state index is 5.98. The number of halogens is 1. The molecule has 0 aliphatic heterocycles. The van der Waals surface area contributed by atoms with Crippen LogP contribution in [0.2, 0.25) is 0 Å². The van der Waals surface area contributed by atoms with Crippen molar-refractivity contribution in [2.75, 3.05) is 11.1 Å². The highest BCUT2D eigenvalue weighted by Crippen LogP contribution is 2.27. The van der Waals surface area contributed by atoms with Gasteiger partial charge >= 0.3 is 0 Å². The van der Waals surface area contributed by atoms with Crippen molar-refractivity contribution in [1.29, 1.82) is 0 Å². The summed E-state index contributed by atoms with van der Waals surface area (Å²) in [4.78, 5) is 4.25. The Morgan fingerprint density at radius 3 is 2.71 bits per heavy atom. The van der Waals surface area contributed by atoms with Gasteiger partial charge < -0.3 is 11.1 Å². The highest BCUT2D eigenvalue weighted by atomic mass is 79.9. The highest BCUT2D eigenvalue weighted by molar-refractivity contribution is 9.10. The van der Waals surface area contributed by atoms with Crippen molar-refractivity contribution in [1.82, 2.24) is 4.98 Å². The Kier molecular flexibility index (Phi) is 3.33. The molecule has 0 aliphatic carbocycles. The van der Waals surface area contributed by atoms with Crippen molar-refractivity contribution < 1.29 is 0 Å². The van der Waals surface area contributed by atoms with Crippen LogP contribution in [0.3, 0.4) is 0 Å². The fraction of sp³-hybridized carbons (Fsp3) is 0.154. The number of nitrogen functional groups attached to an aromatic ring is 1. The van der Waals surface area contributed by atoms with Crippen molar-refractivity contribution in [3.63, 3.8) is 0 Å².